The molecule has 98 valence electrons. The highest BCUT2D eigenvalue weighted by Gasteiger charge is 2.19. The standard InChI is InChI=1S/C15H15ClN2O/c16-12-8-14(15(19)17-9-10-4-3-5-10)18-13-7-2-1-6-11(12)13/h1-2,6-8,10H,3-5,9H2,(H,17,19). The minimum absolute atomic E-state index is 0.139. The zero-order valence-electron chi connectivity index (χ0n) is 10.5. The third-order valence-corrected chi connectivity index (χ3v) is 3.99. The molecule has 1 aromatic carbocycles. The molecule has 3 nitrogen and oxygen atoms in total. The minimum Gasteiger partial charge on any atom is -0.350 e. The SMILES string of the molecule is O=C(NCC1CCC1)c1cc(Cl)c2ccccc2n1. The second kappa shape index (κ2) is 5.17. The van der Waals surface area contributed by atoms with E-state index in [-0.39, 0.29) is 5.91 Å². The zero-order chi connectivity index (χ0) is 13.2. The summed E-state index contributed by atoms with van der Waals surface area (Å²) in [5, 5.41) is 4.38. The van der Waals surface area contributed by atoms with E-state index in [1.165, 1.54) is 19.3 Å². The molecule has 0 unspecified atom stereocenters. The van der Waals surface area contributed by atoms with Gasteiger partial charge in [-0.1, -0.05) is 36.2 Å². The number of hydrogen-bond acceptors (Lipinski definition) is 2. The number of nitrogens with zero attached hydrogens (tertiary/aromatic N) is 1. The van der Waals surface area contributed by atoms with Gasteiger partial charge in [0.05, 0.1) is 10.5 Å². The lowest BCUT2D eigenvalue weighted by molar-refractivity contribution is 0.0934. The van der Waals surface area contributed by atoms with Gasteiger partial charge in [-0.3, -0.25) is 4.79 Å². The summed E-state index contributed by atoms with van der Waals surface area (Å²) in [6, 6.07) is 9.21. The number of aromatic nitrogens is 1. The maximum atomic E-state index is 12.1. The quantitative estimate of drug-likeness (QED) is 0.932. The summed E-state index contributed by atoms with van der Waals surface area (Å²) >= 11 is 6.19. The number of pyridine rings is 1. The van der Waals surface area contributed by atoms with Gasteiger partial charge in [-0.05, 0) is 30.9 Å². The van der Waals surface area contributed by atoms with E-state index in [4.69, 9.17) is 11.6 Å². The van der Waals surface area contributed by atoms with Gasteiger partial charge in [0.2, 0.25) is 0 Å². The molecule has 1 aliphatic carbocycles. The first-order chi connectivity index (χ1) is 9.24. The first kappa shape index (κ1) is 12.4. The predicted octanol–water partition coefficient (Wildman–Crippen LogP) is 3.42. The molecular weight excluding hydrogens is 260 g/mol. The Morgan fingerprint density at radius 1 is 1.37 bits per heavy atom. The van der Waals surface area contributed by atoms with Crippen molar-refractivity contribution in [2.24, 2.45) is 5.92 Å². The lowest BCUT2D eigenvalue weighted by Gasteiger charge is -2.25. The molecule has 1 heterocycles. The molecule has 1 aromatic heterocycles. The van der Waals surface area contributed by atoms with Crippen LogP contribution in [0.3, 0.4) is 0 Å². The zero-order valence-corrected chi connectivity index (χ0v) is 11.3. The van der Waals surface area contributed by atoms with Crippen LogP contribution in [0.5, 0.6) is 0 Å². The molecule has 4 heteroatoms. The van der Waals surface area contributed by atoms with Gasteiger partial charge >= 0.3 is 0 Å². The van der Waals surface area contributed by atoms with E-state index in [1.54, 1.807) is 6.07 Å². The normalized spacial score (nSPS) is 15.2. The van der Waals surface area contributed by atoms with Gasteiger partial charge in [-0.2, -0.15) is 0 Å². The maximum absolute atomic E-state index is 12.1. The molecule has 1 amide bonds. The highest BCUT2D eigenvalue weighted by molar-refractivity contribution is 6.35. The largest absolute Gasteiger partial charge is 0.350 e. The summed E-state index contributed by atoms with van der Waals surface area (Å²) in [6.45, 7) is 0.741. The second-order valence-corrected chi connectivity index (χ2v) is 5.42. The van der Waals surface area contributed by atoms with E-state index in [9.17, 15) is 4.79 Å². The molecule has 0 spiro atoms. The number of benzene rings is 1. The van der Waals surface area contributed by atoms with Crippen molar-refractivity contribution in [1.29, 1.82) is 0 Å². The number of nitrogens with one attached hydrogen (secondary N) is 1. The van der Waals surface area contributed by atoms with Crippen LogP contribution in [0.1, 0.15) is 29.8 Å². The van der Waals surface area contributed by atoms with E-state index in [1.807, 2.05) is 24.3 Å². The summed E-state index contributed by atoms with van der Waals surface area (Å²) in [4.78, 5) is 16.4. The highest BCUT2D eigenvalue weighted by Crippen LogP contribution is 2.25. The minimum atomic E-state index is -0.139. The van der Waals surface area contributed by atoms with E-state index in [0.717, 1.165) is 17.4 Å². The fourth-order valence-corrected chi connectivity index (χ4v) is 2.54. The lowest BCUT2D eigenvalue weighted by Crippen LogP contribution is -2.32. The highest BCUT2D eigenvalue weighted by atomic mass is 35.5. The first-order valence-electron chi connectivity index (χ1n) is 6.57. The number of carbonyl (C=O) groups excluding carboxylic acids is 1. The van der Waals surface area contributed by atoms with E-state index in [2.05, 4.69) is 10.3 Å². The third kappa shape index (κ3) is 2.56. The molecule has 0 bridgehead atoms. The lowest BCUT2D eigenvalue weighted by atomic mass is 9.85. The Morgan fingerprint density at radius 2 is 2.16 bits per heavy atom. The monoisotopic (exact) mass is 274 g/mol. The Balaban J connectivity index is 1.81. The van der Waals surface area contributed by atoms with Crippen LogP contribution in [0, 0.1) is 5.92 Å². The van der Waals surface area contributed by atoms with Crippen LogP contribution in [0.25, 0.3) is 10.9 Å². The van der Waals surface area contributed by atoms with Crippen LogP contribution in [0.2, 0.25) is 5.02 Å². The molecule has 3 rings (SSSR count). The van der Waals surface area contributed by atoms with Crippen molar-refractivity contribution in [3.8, 4) is 0 Å². The molecule has 1 saturated carbocycles. The van der Waals surface area contributed by atoms with Gasteiger partial charge < -0.3 is 5.32 Å². The number of halogens is 1. The number of amides is 1. The van der Waals surface area contributed by atoms with Crippen molar-refractivity contribution >= 4 is 28.4 Å². The van der Waals surface area contributed by atoms with E-state index < -0.39 is 0 Å². The summed E-state index contributed by atoms with van der Waals surface area (Å²) < 4.78 is 0. The molecular formula is C15H15ClN2O. The van der Waals surface area contributed by atoms with Gasteiger partial charge in [0.25, 0.3) is 5.91 Å². The molecule has 0 aliphatic heterocycles. The van der Waals surface area contributed by atoms with Gasteiger partial charge in [0.15, 0.2) is 0 Å². The maximum Gasteiger partial charge on any atom is 0.269 e. The fourth-order valence-electron chi connectivity index (χ4n) is 2.27. The summed E-state index contributed by atoms with van der Waals surface area (Å²) in [7, 11) is 0. The Labute approximate surface area is 117 Å². The van der Waals surface area contributed by atoms with Crippen molar-refractivity contribution in [2.45, 2.75) is 19.3 Å². The van der Waals surface area contributed by atoms with Gasteiger partial charge in [-0.15, -0.1) is 0 Å². The van der Waals surface area contributed by atoms with Gasteiger partial charge in [0.1, 0.15) is 5.69 Å². The molecule has 1 fully saturated rings. The van der Waals surface area contributed by atoms with Crippen LogP contribution in [0.4, 0.5) is 0 Å². The number of hydrogen-bond donors (Lipinski definition) is 1. The van der Waals surface area contributed by atoms with Crippen molar-refractivity contribution in [3.63, 3.8) is 0 Å². The topological polar surface area (TPSA) is 42.0 Å². The van der Waals surface area contributed by atoms with Crippen molar-refractivity contribution in [2.75, 3.05) is 6.54 Å². The van der Waals surface area contributed by atoms with E-state index in [0.29, 0.717) is 16.6 Å². The summed E-state index contributed by atoms with van der Waals surface area (Å²) in [5.74, 6) is 0.499. The average Bonchev–Trinajstić information content (AvgIpc) is 2.36. The number of carbonyl (C=O) groups is 1. The van der Waals surface area contributed by atoms with Gasteiger partial charge in [0, 0.05) is 11.9 Å². The molecule has 0 saturated heterocycles. The molecule has 1 N–H and O–H groups in total. The third-order valence-electron chi connectivity index (χ3n) is 3.67. The number of rotatable bonds is 3. The van der Waals surface area contributed by atoms with Crippen LogP contribution in [-0.2, 0) is 0 Å². The number of para-hydroxylation sites is 1. The second-order valence-electron chi connectivity index (χ2n) is 5.01. The molecule has 19 heavy (non-hydrogen) atoms. The van der Waals surface area contributed by atoms with Gasteiger partial charge in [-0.25, -0.2) is 4.98 Å². The molecule has 2 aromatic rings. The van der Waals surface area contributed by atoms with Crippen LogP contribution < -0.4 is 5.32 Å². The van der Waals surface area contributed by atoms with Crippen molar-refractivity contribution in [1.82, 2.24) is 10.3 Å². The molecule has 1 aliphatic rings. The Hall–Kier alpha value is -1.61. The molecule has 0 radical (unpaired) electrons. The summed E-state index contributed by atoms with van der Waals surface area (Å²) in [5.41, 5.74) is 1.15. The van der Waals surface area contributed by atoms with Crippen LogP contribution in [-0.4, -0.2) is 17.4 Å². The molecule has 0 atom stereocenters. The Bertz CT molecular complexity index is 623. The summed E-state index contributed by atoms with van der Waals surface area (Å²) in [6.07, 6.45) is 3.71. The Morgan fingerprint density at radius 3 is 2.89 bits per heavy atom. The first-order valence-corrected chi connectivity index (χ1v) is 6.95. The van der Waals surface area contributed by atoms with Crippen molar-refractivity contribution in [3.05, 3.63) is 41.0 Å². The van der Waals surface area contributed by atoms with Crippen LogP contribution in [0.15, 0.2) is 30.3 Å². The number of fused-ring (bicyclic) bond motifs is 1. The van der Waals surface area contributed by atoms with Crippen LogP contribution >= 0.6 is 11.6 Å². The fraction of sp³-hybridized carbons (Fsp3) is 0.333. The van der Waals surface area contributed by atoms with Crippen molar-refractivity contribution < 1.29 is 4.79 Å². The predicted molar refractivity (Wildman–Crippen MR) is 76.4 cm³/mol. The average molecular weight is 275 g/mol. The Kier molecular flexibility index (Phi) is 3.38. The smallest absolute Gasteiger partial charge is 0.269 e. The van der Waals surface area contributed by atoms with E-state index >= 15 is 0 Å².